The first kappa shape index (κ1) is 15.8. The Hall–Kier alpha value is -2.05. The highest BCUT2D eigenvalue weighted by atomic mass is 32.2. The SMILES string of the molecule is CS(=O)(=O)c1ccc2nc(Sc3nnnn3CC(=O)O)sc2c1. The van der Waals surface area contributed by atoms with Crippen molar-refractivity contribution in [1.29, 1.82) is 0 Å². The Balaban J connectivity index is 1.92. The Kier molecular flexibility index (Phi) is 4.04. The van der Waals surface area contributed by atoms with Gasteiger partial charge >= 0.3 is 5.97 Å². The zero-order valence-electron chi connectivity index (χ0n) is 11.6. The van der Waals surface area contributed by atoms with Crippen LogP contribution in [0.1, 0.15) is 0 Å². The van der Waals surface area contributed by atoms with Crippen LogP contribution >= 0.6 is 23.1 Å². The van der Waals surface area contributed by atoms with Gasteiger partial charge in [0.25, 0.3) is 0 Å². The molecule has 0 amide bonds. The summed E-state index contributed by atoms with van der Waals surface area (Å²) >= 11 is 2.41. The molecule has 0 unspecified atom stereocenters. The number of rotatable bonds is 5. The molecule has 0 atom stereocenters. The maximum Gasteiger partial charge on any atom is 0.325 e. The molecule has 0 aliphatic heterocycles. The second kappa shape index (κ2) is 5.86. The lowest BCUT2D eigenvalue weighted by atomic mass is 10.3. The fourth-order valence-electron chi connectivity index (χ4n) is 1.73. The van der Waals surface area contributed by atoms with Gasteiger partial charge in [0.2, 0.25) is 5.16 Å². The van der Waals surface area contributed by atoms with E-state index in [1.165, 1.54) is 17.4 Å². The summed E-state index contributed by atoms with van der Waals surface area (Å²) in [6.07, 6.45) is 1.14. The van der Waals surface area contributed by atoms with Crippen molar-refractivity contribution in [3.63, 3.8) is 0 Å². The molecule has 0 aliphatic rings. The summed E-state index contributed by atoms with van der Waals surface area (Å²) in [4.78, 5) is 15.3. The lowest BCUT2D eigenvalue weighted by Crippen LogP contribution is -2.11. The molecule has 0 bridgehead atoms. The highest BCUT2D eigenvalue weighted by molar-refractivity contribution is 8.01. The number of sulfone groups is 1. The lowest BCUT2D eigenvalue weighted by Gasteiger charge is -1.97. The number of nitrogens with zero attached hydrogens (tertiary/aromatic N) is 5. The van der Waals surface area contributed by atoms with Gasteiger partial charge in [-0.15, -0.1) is 16.4 Å². The van der Waals surface area contributed by atoms with E-state index in [1.807, 2.05) is 0 Å². The number of fused-ring (bicyclic) bond motifs is 1. The molecule has 1 aromatic carbocycles. The van der Waals surface area contributed by atoms with E-state index in [0.29, 0.717) is 19.7 Å². The minimum absolute atomic E-state index is 0.223. The van der Waals surface area contributed by atoms with Gasteiger partial charge in [-0.2, -0.15) is 0 Å². The number of benzene rings is 1. The topological polar surface area (TPSA) is 128 Å². The number of carboxylic acid groups (broad SMARTS) is 1. The molecule has 9 nitrogen and oxygen atoms in total. The lowest BCUT2D eigenvalue weighted by molar-refractivity contribution is -0.138. The van der Waals surface area contributed by atoms with Crippen molar-refractivity contribution in [2.24, 2.45) is 0 Å². The van der Waals surface area contributed by atoms with E-state index < -0.39 is 15.8 Å². The maximum atomic E-state index is 11.6. The third kappa shape index (κ3) is 3.48. The van der Waals surface area contributed by atoms with Gasteiger partial charge in [-0.3, -0.25) is 4.79 Å². The molecule has 0 saturated carbocycles. The van der Waals surface area contributed by atoms with Crippen LogP contribution < -0.4 is 0 Å². The molecule has 120 valence electrons. The van der Waals surface area contributed by atoms with Crippen LogP contribution in [0.3, 0.4) is 0 Å². The molecule has 2 aromatic heterocycles. The summed E-state index contributed by atoms with van der Waals surface area (Å²) in [5.41, 5.74) is 0.655. The summed E-state index contributed by atoms with van der Waals surface area (Å²) in [5.74, 6) is -1.05. The van der Waals surface area contributed by atoms with E-state index >= 15 is 0 Å². The summed E-state index contributed by atoms with van der Waals surface area (Å²) in [5, 5.41) is 19.9. The molecule has 3 aromatic rings. The van der Waals surface area contributed by atoms with Crippen LogP contribution in [0.5, 0.6) is 0 Å². The predicted molar refractivity (Wildman–Crippen MR) is 82.3 cm³/mol. The van der Waals surface area contributed by atoms with E-state index in [4.69, 9.17) is 5.11 Å². The van der Waals surface area contributed by atoms with Crippen LogP contribution in [-0.4, -0.2) is 50.9 Å². The highest BCUT2D eigenvalue weighted by Crippen LogP contribution is 2.34. The largest absolute Gasteiger partial charge is 0.480 e. The number of tetrazole rings is 1. The Labute approximate surface area is 138 Å². The van der Waals surface area contributed by atoms with Crippen LogP contribution in [0.25, 0.3) is 10.2 Å². The average Bonchev–Trinajstić information content (AvgIpc) is 3.03. The van der Waals surface area contributed by atoms with Crippen molar-refractivity contribution in [2.75, 3.05) is 6.26 Å². The van der Waals surface area contributed by atoms with E-state index in [9.17, 15) is 13.2 Å². The molecular formula is C11H9N5O4S3. The van der Waals surface area contributed by atoms with Gasteiger partial charge in [0.1, 0.15) is 6.54 Å². The summed E-state index contributed by atoms with van der Waals surface area (Å²) < 4.78 is 25.6. The molecule has 0 spiro atoms. The first-order valence-corrected chi connectivity index (χ1v) is 9.62. The van der Waals surface area contributed by atoms with Crippen LogP contribution in [0.4, 0.5) is 0 Å². The van der Waals surface area contributed by atoms with Crippen LogP contribution in [0.2, 0.25) is 0 Å². The first-order valence-electron chi connectivity index (χ1n) is 6.09. The second-order valence-corrected chi connectivity index (χ2v) is 8.76. The molecule has 0 saturated heterocycles. The number of hydrogen-bond donors (Lipinski definition) is 1. The third-order valence-electron chi connectivity index (χ3n) is 2.73. The first-order chi connectivity index (χ1) is 10.8. The fraction of sp³-hybridized carbons (Fsp3) is 0.182. The smallest absolute Gasteiger partial charge is 0.325 e. The monoisotopic (exact) mass is 371 g/mol. The zero-order chi connectivity index (χ0) is 16.6. The summed E-state index contributed by atoms with van der Waals surface area (Å²) in [6, 6.07) is 4.69. The fourth-order valence-corrected chi connectivity index (χ4v) is 4.43. The quantitative estimate of drug-likeness (QED) is 0.696. The van der Waals surface area contributed by atoms with E-state index in [-0.39, 0.29) is 11.4 Å². The molecule has 0 radical (unpaired) electrons. The van der Waals surface area contributed by atoms with Crippen molar-refractivity contribution in [3.05, 3.63) is 18.2 Å². The number of aromatic nitrogens is 5. The molecule has 12 heteroatoms. The Morgan fingerprint density at radius 3 is 2.91 bits per heavy atom. The zero-order valence-corrected chi connectivity index (χ0v) is 14.0. The standard InChI is InChI=1S/C11H9N5O4S3/c1-23(19,20)6-2-3-7-8(4-6)21-11(12-7)22-10-13-14-15-16(10)5-9(17)18/h2-4H,5H2,1H3,(H,17,18). The molecule has 3 rings (SSSR count). The normalized spacial score (nSPS) is 11.9. The maximum absolute atomic E-state index is 11.6. The Morgan fingerprint density at radius 1 is 1.43 bits per heavy atom. The number of thiazole rings is 1. The molecule has 2 heterocycles. The summed E-state index contributed by atoms with van der Waals surface area (Å²) in [6.45, 7) is -0.349. The van der Waals surface area contributed by atoms with Gasteiger partial charge in [-0.1, -0.05) is 0 Å². The number of hydrogen-bond acceptors (Lipinski definition) is 9. The van der Waals surface area contributed by atoms with E-state index in [0.717, 1.165) is 22.7 Å². The van der Waals surface area contributed by atoms with Crippen molar-refractivity contribution in [2.45, 2.75) is 20.9 Å². The predicted octanol–water partition coefficient (Wildman–Crippen LogP) is 0.922. The number of carbonyl (C=O) groups is 1. The molecule has 0 aliphatic carbocycles. The second-order valence-electron chi connectivity index (χ2n) is 4.50. The molecular weight excluding hydrogens is 362 g/mol. The molecule has 0 fully saturated rings. The van der Waals surface area contributed by atoms with E-state index in [1.54, 1.807) is 12.1 Å². The summed E-state index contributed by atoms with van der Waals surface area (Å²) in [7, 11) is -3.28. The average molecular weight is 371 g/mol. The van der Waals surface area contributed by atoms with Crippen molar-refractivity contribution < 1.29 is 18.3 Å². The highest BCUT2D eigenvalue weighted by Gasteiger charge is 2.15. The number of carboxylic acids is 1. The van der Waals surface area contributed by atoms with Gasteiger partial charge in [0.05, 0.1) is 15.1 Å². The minimum atomic E-state index is -3.28. The number of aliphatic carboxylic acids is 1. The van der Waals surface area contributed by atoms with Crippen molar-refractivity contribution in [1.82, 2.24) is 25.2 Å². The minimum Gasteiger partial charge on any atom is -0.480 e. The van der Waals surface area contributed by atoms with Crippen LogP contribution in [0, 0.1) is 0 Å². The van der Waals surface area contributed by atoms with Crippen molar-refractivity contribution >= 4 is 49.1 Å². The van der Waals surface area contributed by atoms with E-state index in [2.05, 4.69) is 20.5 Å². The Morgan fingerprint density at radius 2 is 2.22 bits per heavy atom. The molecule has 1 N–H and O–H groups in total. The van der Waals surface area contributed by atoms with Gasteiger partial charge < -0.3 is 5.11 Å². The van der Waals surface area contributed by atoms with Gasteiger partial charge in [-0.25, -0.2) is 18.1 Å². The van der Waals surface area contributed by atoms with Gasteiger partial charge in [0.15, 0.2) is 14.2 Å². The Bertz CT molecular complexity index is 994. The molecule has 23 heavy (non-hydrogen) atoms. The van der Waals surface area contributed by atoms with Crippen LogP contribution in [-0.2, 0) is 21.2 Å². The van der Waals surface area contributed by atoms with Crippen molar-refractivity contribution in [3.8, 4) is 0 Å². The van der Waals surface area contributed by atoms with Gasteiger partial charge in [0, 0.05) is 6.26 Å². The van der Waals surface area contributed by atoms with Gasteiger partial charge in [-0.05, 0) is 40.4 Å². The third-order valence-corrected chi connectivity index (χ3v) is 5.90. The van der Waals surface area contributed by atoms with Crippen LogP contribution in [0.15, 0.2) is 32.6 Å².